The van der Waals surface area contributed by atoms with Crippen molar-refractivity contribution in [1.82, 2.24) is 10.2 Å². The number of rotatable bonds is 10. The van der Waals surface area contributed by atoms with Gasteiger partial charge in [-0.05, 0) is 31.2 Å². The van der Waals surface area contributed by atoms with E-state index in [0.717, 1.165) is 32.8 Å². The molecule has 0 saturated heterocycles. The predicted molar refractivity (Wildman–Crippen MR) is 77.9 cm³/mol. The Morgan fingerprint density at radius 1 is 1.47 bits per heavy atom. The fraction of sp³-hybridized carbons (Fsp3) is 0.933. The quantitative estimate of drug-likeness (QED) is 0.656. The first-order valence-corrected chi connectivity index (χ1v) is 7.45. The summed E-state index contributed by atoms with van der Waals surface area (Å²) in [5.74, 6) is 1.13. The van der Waals surface area contributed by atoms with Crippen LogP contribution in [0.4, 0.5) is 0 Å². The van der Waals surface area contributed by atoms with Gasteiger partial charge in [-0.3, -0.25) is 10.2 Å². The number of likely N-dealkylation sites (N-methyl/N-ethyl adjacent to an activating group) is 1. The number of hydrogen-bond acceptors (Lipinski definition) is 4. The van der Waals surface area contributed by atoms with Crippen LogP contribution < -0.4 is 5.32 Å². The molecule has 1 atom stereocenters. The summed E-state index contributed by atoms with van der Waals surface area (Å²) in [7, 11) is 1.73. The average Bonchev–Trinajstić information content (AvgIpc) is 3.19. The molecule has 0 amide bonds. The molecule has 0 heterocycles. The Morgan fingerprint density at radius 2 is 2.16 bits per heavy atom. The molecule has 0 spiro atoms. The highest BCUT2D eigenvalue weighted by molar-refractivity contribution is 5.16. The molecule has 1 N–H and O–H groups in total. The molecule has 0 radical (unpaired) electrons. The first-order valence-electron chi connectivity index (χ1n) is 7.45. The van der Waals surface area contributed by atoms with E-state index >= 15 is 0 Å². The van der Waals surface area contributed by atoms with Crippen LogP contribution in [0.15, 0.2) is 0 Å². The molecule has 1 aliphatic rings. The van der Waals surface area contributed by atoms with Gasteiger partial charge < -0.3 is 4.74 Å². The van der Waals surface area contributed by atoms with Crippen LogP contribution in [0.3, 0.4) is 0 Å². The molecule has 1 fully saturated rings. The summed E-state index contributed by atoms with van der Waals surface area (Å²) in [5, 5.41) is 13.1. The highest BCUT2D eigenvalue weighted by Crippen LogP contribution is 2.40. The van der Waals surface area contributed by atoms with Crippen molar-refractivity contribution in [1.29, 1.82) is 5.26 Å². The molecule has 1 unspecified atom stereocenters. The molecule has 1 rings (SSSR count). The topological polar surface area (TPSA) is 48.3 Å². The van der Waals surface area contributed by atoms with Crippen LogP contribution in [-0.2, 0) is 4.74 Å². The van der Waals surface area contributed by atoms with Gasteiger partial charge in [0.25, 0.3) is 0 Å². The predicted octanol–water partition coefficient (Wildman–Crippen LogP) is 1.87. The number of nitrogens with one attached hydrogen (secondary N) is 1. The fourth-order valence-electron chi connectivity index (χ4n) is 2.71. The summed E-state index contributed by atoms with van der Waals surface area (Å²) < 4.78 is 5.19. The molecule has 110 valence electrons. The zero-order valence-corrected chi connectivity index (χ0v) is 12.9. The third kappa shape index (κ3) is 5.10. The Hall–Kier alpha value is -0.630. The summed E-state index contributed by atoms with van der Waals surface area (Å²) in [6.07, 6.45) is 2.36. The molecule has 0 aliphatic heterocycles. The fourth-order valence-corrected chi connectivity index (χ4v) is 2.71. The van der Waals surface area contributed by atoms with Crippen LogP contribution in [0.5, 0.6) is 0 Å². The first-order chi connectivity index (χ1) is 9.07. The van der Waals surface area contributed by atoms with E-state index < -0.39 is 0 Å². The van der Waals surface area contributed by atoms with Crippen molar-refractivity contribution in [3.05, 3.63) is 0 Å². The van der Waals surface area contributed by atoms with E-state index in [1.54, 1.807) is 7.11 Å². The monoisotopic (exact) mass is 267 g/mol. The van der Waals surface area contributed by atoms with E-state index in [2.05, 4.69) is 37.1 Å². The van der Waals surface area contributed by atoms with E-state index in [-0.39, 0.29) is 5.54 Å². The second-order valence-corrected chi connectivity index (χ2v) is 6.01. The third-order valence-electron chi connectivity index (χ3n) is 3.67. The van der Waals surface area contributed by atoms with Gasteiger partial charge in [0.2, 0.25) is 0 Å². The Bertz CT molecular complexity index is 296. The van der Waals surface area contributed by atoms with E-state index in [9.17, 15) is 5.26 Å². The molecular formula is C15H29N3O. The zero-order chi connectivity index (χ0) is 14.3. The Kier molecular flexibility index (Phi) is 6.78. The summed E-state index contributed by atoms with van der Waals surface area (Å²) in [5.41, 5.74) is -0.364. The van der Waals surface area contributed by atoms with Gasteiger partial charge in [-0.15, -0.1) is 0 Å². The standard InChI is InChI=1S/C15H29N3O/c1-5-17-15(11-16,14-6-7-14)12-18(8-9-19-4)10-13(2)3/h13-14,17H,5-10,12H2,1-4H3. The van der Waals surface area contributed by atoms with Crippen LogP contribution in [0.25, 0.3) is 0 Å². The third-order valence-corrected chi connectivity index (χ3v) is 3.67. The highest BCUT2D eigenvalue weighted by atomic mass is 16.5. The minimum Gasteiger partial charge on any atom is -0.383 e. The lowest BCUT2D eigenvalue weighted by Crippen LogP contribution is -2.55. The highest BCUT2D eigenvalue weighted by Gasteiger charge is 2.46. The summed E-state index contributed by atoms with van der Waals surface area (Å²) in [6, 6.07) is 2.56. The lowest BCUT2D eigenvalue weighted by molar-refractivity contribution is 0.119. The van der Waals surface area contributed by atoms with Crippen LogP contribution >= 0.6 is 0 Å². The molecule has 4 heteroatoms. The molecule has 0 aromatic heterocycles. The lowest BCUT2D eigenvalue weighted by Gasteiger charge is -2.35. The van der Waals surface area contributed by atoms with Crippen molar-refractivity contribution < 1.29 is 4.74 Å². The summed E-state index contributed by atoms with van der Waals surface area (Å²) in [4.78, 5) is 2.37. The molecular weight excluding hydrogens is 238 g/mol. The maximum atomic E-state index is 9.66. The second-order valence-electron chi connectivity index (χ2n) is 6.01. The van der Waals surface area contributed by atoms with Gasteiger partial charge in [0, 0.05) is 26.7 Å². The average molecular weight is 267 g/mol. The van der Waals surface area contributed by atoms with Gasteiger partial charge in [0.05, 0.1) is 12.7 Å². The van der Waals surface area contributed by atoms with Gasteiger partial charge in [0.15, 0.2) is 0 Å². The smallest absolute Gasteiger partial charge is 0.122 e. The Morgan fingerprint density at radius 3 is 2.58 bits per heavy atom. The minimum atomic E-state index is -0.364. The van der Waals surface area contributed by atoms with Crippen molar-refractivity contribution in [3.63, 3.8) is 0 Å². The van der Waals surface area contributed by atoms with Crippen molar-refractivity contribution in [2.75, 3.05) is 39.9 Å². The maximum Gasteiger partial charge on any atom is 0.122 e. The molecule has 1 aliphatic carbocycles. The number of nitriles is 1. The largest absolute Gasteiger partial charge is 0.383 e. The van der Waals surface area contributed by atoms with Crippen molar-refractivity contribution in [2.24, 2.45) is 11.8 Å². The van der Waals surface area contributed by atoms with Crippen LogP contribution in [0.2, 0.25) is 0 Å². The van der Waals surface area contributed by atoms with Gasteiger partial charge in [-0.1, -0.05) is 20.8 Å². The Balaban J connectivity index is 2.68. The second kappa shape index (κ2) is 7.84. The number of methoxy groups -OCH3 is 1. The number of nitrogens with zero attached hydrogens (tertiary/aromatic N) is 2. The summed E-state index contributed by atoms with van der Waals surface area (Å²) in [6.45, 7) is 10.8. The van der Waals surface area contributed by atoms with Crippen molar-refractivity contribution in [3.8, 4) is 6.07 Å². The van der Waals surface area contributed by atoms with E-state index in [0.29, 0.717) is 11.8 Å². The molecule has 4 nitrogen and oxygen atoms in total. The van der Waals surface area contributed by atoms with Crippen molar-refractivity contribution >= 4 is 0 Å². The van der Waals surface area contributed by atoms with Gasteiger partial charge in [-0.25, -0.2) is 0 Å². The first kappa shape index (κ1) is 16.4. The number of hydrogen-bond donors (Lipinski definition) is 1. The van der Waals surface area contributed by atoms with E-state index in [1.807, 2.05) is 0 Å². The van der Waals surface area contributed by atoms with Gasteiger partial charge in [0.1, 0.15) is 5.54 Å². The van der Waals surface area contributed by atoms with Gasteiger partial charge in [-0.2, -0.15) is 5.26 Å². The van der Waals surface area contributed by atoms with Gasteiger partial charge >= 0.3 is 0 Å². The van der Waals surface area contributed by atoms with Crippen molar-refractivity contribution in [2.45, 2.75) is 39.2 Å². The maximum absolute atomic E-state index is 9.66. The van der Waals surface area contributed by atoms with Crippen LogP contribution in [-0.4, -0.2) is 50.3 Å². The summed E-state index contributed by atoms with van der Waals surface area (Å²) >= 11 is 0. The lowest BCUT2D eigenvalue weighted by atomic mass is 9.93. The SMILES string of the molecule is CCNC(C#N)(CN(CCOC)CC(C)C)C1CC1. The van der Waals surface area contributed by atoms with E-state index in [4.69, 9.17) is 4.74 Å². The van der Waals surface area contributed by atoms with Crippen LogP contribution in [0, 0.1) is 23.2 Å². The molecule has 0 bridgehead atoms. The molecule has 19 heavy (non-hydrogen) atoms. The molecule has 0 aromatic rings. The zero-order valence-electron chi connectivity index (χ0n) is 12.9. The van der Waals surface area contributed by atoms with Crippen LogP contribution in [0.1, 0.15) is 33.6 Å². The molecule has 1 saturated carbocycles. The normalized spacial score (nSPS) is 18.6. The number of ether oxygens (including phenoxy) is 1. The minimum absolute atomic E-state index is 0.364. The molecule has 0 aromatic carbocycles. The Labute approximate surface area is 118 Å². The van der Waals surface area contributed by atoms with E-state index in [1.165, 1.54) is 12.8 Å².